The Hall–Kier alpha value is -1.03. The van der Waals surface area contributed by atoms with Crippen LogP contribution in [0.25, 0.3) is 0 Å². The summed E-state index contributed by atoms with van der Waals surface area (Å²) in [5.41, 5.74) is 0. The van der Waals surface area contributed by atoms with Crippen LogP contribution in [0.3, 0.4) is 0 Å². The molecule has 0 amide bonds. The van der Waals surface area contributed by atoms with E-state index in [1.165, 1.54) is 0 Å². The van der Waals surface area contributed by atoms with Crippen molar-refractivity contribution in [3.05, 3.63) is 12.4 Å². The van der Waals surface area contributed by atoms with E-state index in [2.05, 4.69) is 38.1 Å². The van der Waals surface area contributed by atoms with Crippen LogP contribution in [-0.2, 0) is 6.54 Å². The number of aryl methyl sites for hydroxylation is 1. The highest BCUT2D eigenvalue weighted by Gasteiger charge is 2.10. The summed E-state index contributed by atoms with van der Waals surface area (Å²) >= 11 is 0. The molecular weight excluding hydrogens is 226 g/mol. The third-order valence-corrected chi connectivity index (χ3v) is 2.77. The highest BCUT2D eigenvalue weighted by molar-refractivity contribution is 5.12. The van der Waals surface area contributed by atoms with E-state index in [0.717, 1.165) is 38.2 Å². The van der Waals surface area contributed by atoms with Gasteiger partial charge >= 0.3 is 0 Å². The Morgan fingerprint density at radius 3 is 2.67 bits per heavy atom. The van der Waals surface area contributed by atoms with Gasteiger partial charge in [-0.05, 0) is 25.8 Å². The van der Waals surface area contributed by atoms with Gasteiger partial charge in [-0.15, -0.1) is 0 Å². The van der Waals surface area contributed by atoms with Gasteiger partial charge in [-0.3, -0.25) is 4.68 Å². The summed E-state index contributed by atoms with van der Waals surface area (Å²) < 4.78 is 7.86. The maximum absolute atomic E-state index is 5.97. The fraction of sp³-hybridized carbons (Fsp3) is 0.786. The largest absolute Gasteiger partial charge is 0.486 e. The molecule has 0 radical (unpaired) electrons. The lowest BCUT2D eigenvalue weighted by atomic mass is 10.2. The van der Waals surface area contributed by atoms with Crippen LogP contribution < -0.4 is 10.1 Å². The maximum Gasteiger partial charge on any atom is 0.157 e. The molecule has 4 nitrogen and oxygen atoms in total. The molecule has 4 heteroatoms. The first kappa shape index (κ1) is 15.0. The van der Waals surface area contributed by atoms with Crippen molar-refractivity contribution in [1.29, 1.82) is 0 Å². The number of hydrogen-bond acceptors (Lipinski definition) is 3. The Balaban J connectivity index is 2.41. The second kappa shape index (κ2) is 8.14. The second-order valence-electron chi connectivity index (χ2n) is 5.11. The molecule has 1 aromatic rings. The summed E-state index contributed by atoms with van der Waals surface area (Å²) in [6.07, 6.45) is 6.21. The van der Waals surface area contributed by atoms with Gasteiger partial charge in [0.2, 0.25) is 0 Å². The van der Waals surface area contributed by atoms with Crippen molar-refractivity contribution in [3.8, 4) is 5.75 Å². The smallest absolute Gasteiger partial charge is 0.157 e. The molecule has 0 spiro atoms. The van der Waals surface area contributed by atoms with Gasteiger partial charge in [-0.25, -0.2) is 0 Å². The van der Waals surface area contributed by atoms with E-state index in [1.54, 1.807) is 6.20 Å². The fourth-order valence-electron chi connectivity index (χ4n) is 1.83. The van der Waals surface area contributed by atoms with E-state index in [9.17, 15) is 0 Å². The summed E-state index contributed by atoms with van der Waals surface area (Å²) in [6.45, 7) is 11.5. The van der Waals surface area contributed by atoms with E-state index in [0.29, 0.717) is 5.92 Å². The molecule has 18 heavy (non-hydrogen) atoms. The number of ether oxygens (including phenoxy) is 1. The molecule has 104 valence electrons. The molecule has 0 aliphatic heterocycles. The maximum atomic E-state index is 5.97. The van der Waals surface area contributed by atoms with Gasteiger partial charge < -0.3 is 10.1 Å². The number of nitrogens with zero attached hydrogens (tertiary/aromatic N) is 2. The molecule has 1 atom stereocenters. The third kappa shape index (κ3) is 5.54. The van der Waals surface area contributed by atoms with Crippen LogP contribution in [0.2, 0.25) is 0 Å². The number of rotatable bonds is 9. The second-order valence-corrected chi connectivity index (χ2v) is 5.11. The van der Waals surface area contributed by atoms with Gasteiger partial charge in [0.15, 0.2) is 5.75 Å². The third-order valence-electron chi connectivity index (χ3n) is 2.77. The molecule has 0 aliphatic rings. The lowest BCUT2D eigenvalue weighted by Gasteiger charge is -2.18. The molecule has 0 fully saturated rings. The summed E-state index contributed by atoms with van der Waals surface area (Å²) in [5, 5.41) is 7.69. The zero-order chi connectivity index (χ0) is 13.4. The molecule has 1 unspecified atom stereocenters. The number of hydrogen-bond donors (Lipinski definition) is 1. The van der Waals surface area contributed by atoms with Crippen molar-refractivity contribution >= 4 is 0 Å². The lowest BCUT2D eigenvalue weighted by molar-refractivity contribution is 0.185. The van der Waals surface area contributed by atoms with Crippen LogP contribution in [0.15, 0.2) is 12.4 Å². The summed E-state index contributed by atoms with van der Waals surface area (Å²) in [5.74, 6) is 1.55. The topological polar surface area (TPSA) is 39.1 Å². The molecule has 0 saturated carbocycles. The Labute approximate surface area is 111 Å². The Kier molecular flexibility index (Phi) is 6.80. The predicted octanol–water partition coefficient (Wildman–Crippen LogP) is 2.70. The van der Waals surface area contributed by atoms with Crippen molar-refractivity contribution in [2.24, 2.45) is 5.92 Å². The Morgan fingerprint density at radius 1 is 1.33 bits per heavy atom. The molecule has 1 rings (SSSR count). The monoisotopic (exact) mass is 253 g/mol. The first-order chi connectivity index (χ1) is 8.65. The van der Waals surface area contributed by atoms with Crippen LogP contribution >= 0.6 is 0 Å². The highest BCUT2D eigenvalue weighted by Crippen LogP contribution is 2.13. The Morgan fingerprint density at radius 2 is 2.11 bits per heavy atom. The zero-order valence-corrected chi connectivity index (χ0v) is 12.1. The van der Waals surface area contributed by atoms with Crippen LogP contribution in [-0.4, -0.2) is 29.0 Å². The van der Waals surface area contributed by atoms with Gasteiger partial charge in [-0.1, -0.05) is 27.2 Å². The van der Waals surface area contributed by atoms with Gasteiger partial charge in [0.05, 0.1) is 12.4 Å². The average molecular weight is 253 g/mol. The fourth-order valence-corrected chi connectivity index (χ4v) is 1.83. The zero-order valence-electron chi connectivity index (χ0n) is 12.1. The van der Waals surface area contributed by atoms with Crippen LogP contribution in [0, 0.1) is 5.92 Å². The molecule has 1 N–H and O–H groups in total. The molecule has 1 heterocycles. The van der Waals surface area contributed by atoms with E-state index < -0.39 is 0 Å². The predicted molar refractivity (Wildman–Crippen MR) is 74.9 cm³/mol. The van der Waals surface area contributed by atoms with Crippen molar-refractivity contribution in [2.75, 3.05) is 13.1 Å². The van der Waals surface area contributed by atoms with Gasteiger partial charge in [0.25, 0.3) is 0 Å². The van der Waals surface area contributed by atoms with Crippen molar-refractivity contribution in [3.63, 3.8) is 0 Å². The van der Waals surface area contributed by atoms with Crippen molar-refractivity contribution in [2.45, 2.75) is 53.2 Å². The van der Waals surface area contributed by atoms with Crippen LogP contribution in [0.1, 0.15) is 40.5 Å². The summed E-state index contributed by atoms with van der Waals surface area (Å²) in [4.78, 5) is 0. The summed E-state index contributed by atoms with van der Waals surface area (Å²) in [7, 11) is 0. The number of aromatic nitrogens is 2. The van der Waals surface area contributed by atoms with Crippen LogP contribution in [0.5, 0.6) is 5.75 Å². The quantitative estimate of drug-likeness (QED) is 0.735. The van der Waals surface area contributed by atoms with Crippen molar-refractivity contribution < 1.29 is 4.74 Å². The minimum atomic E-state index is 0.239. The molecule has 0 saturated heterocycles. The van der Waals surface area contributed by atoms with E-state index in [4.69, 9.17) is 4.74 Å². The normalized spacial score (nSPS) is 12.9. The van der Waals surface area contributed by atoms with Gasteiger partial charge in [0, 0.05) is 13.1 Å². The van der Waals surface area contributed by atoms with Gasteiger partial charge in [-0.2, -0.15) is 5.10 Å². The van der Waals surface area contributed by atoms with E-state index in [1.807, 2.05) is 10.9 Å². The highest BCUT2D eigenvalue weighted by atomic mass is 16.5. The standard InChI is InChI=1S/C14H27N3O/c1-5-7-13(9-15-8-12(3)4)18-14-10-16-17(6-2)11-14/h10-13,15H,5-9H2,1-4H3. The number of nitrogens with one attached hydrogen (secondary N) is 1. The van der Waals surface area contributed by atoms with Crippen molar-refractivity contribution in [1.82, 2.24) is 15.1 Å². The van der Waals surface area contributed by atoms with Gasteiger partial charge in [0.1, 0.15) is 6.10 Å². The average Bonchev–Trinajstić information content (AvgIpc) is 2.76. The SMILES string of the molecule is CCCC(CNCC(C)C)Oc1cnn(CC)c1. The minimum absolute atomic E-state index is 0.239. The van der Waals surface area contributed by atoms with E-state index >= 15 is 0 Å². The molecule has 1 aromatic heterocycles. The van der Waals surface area contributed by atoms with Crippen LogP contribution in [0.4, 0.5) is 0 Å². The molecule has 0 aromatic carbocycles. The molecule has 0 bridgehead atoms. The molecular formula is C14H27N3O. The van der Waals surface area contributed by atoms with E-state index in [-0.39, 0.29) is 6.10 Å². The minimum Gasteiger partial charge on any atom is -0.486 e. The summed E-state index contributed by atoms with van der Waals surface area (Å²) in [6, 6.07) is 0. The Bertz CT molecular complexity index is 323. The lowest BCUT2D eigenvalue weighted by Crippen LogP contribution is -2.33. The molecule has 0 aliphatic carbocycles. The first-order valence-corrected chi connectivity index (χ1v) is 7.05. The first-order valence-electron chi connectivity index (χ1n) is 7.05.